The Kier molecular flexibility index (Phi) is 4.36. The van der Waals surface area contributed by atoms with E-state index in [-0.39, 0.29) is 17.6 Å². The summed E-state index contributed by atoms with van der Waals surface area (Å²) in [4.78, 5) is 27.0. The number of aromatic nitrogens is 2. The lowest BCUT2D eigenvalue weighted by Gasteiger charge is -2.12. The van der Waals surface area contributed by atoms with Crippen molar-refractivity contribution in [1.82, 2.24) is 20.2 Å². The highest BCUT2D eigenvalue weighted by Crippen LogP contribution is 2.13. The van der Waals surface area contributed by atoms with Crippen molar-refractivity contribution in [3.05, 3.63) is 53.9 Å². The van der Waals surface area contributed by atoms with Crippen molar-refractivity contribution in [2.45, 2.75) is 32.0 Å². The van der Waals surface area contributed by atoms with Gasteiger partial charge in [-0.25, -0.2) is 9.37 Å². The van der Waals surface area contributed by atoms with Gasteiger partial charge in [-0.2, -0.15) is 0 Å². The molecule has 1 atom stereocenters. The standard InChI is InChI=1S/C16H17FN4O2/c17-13-2-1-11(7-12(13)9-21-6-5-18-10-21)8-19-16(23)14-3-4-15(22)20-14/h1-2,5-7,10,14H,3-4,8-9H2,(H,19,23)(H,20,22)/t14-/m1/s1. The molecule has 0 radical (unpaired) electrons. The van der Waals surface area contributed by atoms with Gasteiger partial charge in [0.25, 0.3) is 0 Å². The first kappa shape index (κ1) is 15.2. The molecule has 1 aliphatic rings. The Morgan fingerprint density at radius 3 is 3.04 bits per heavy atom. The van der Waals surface area contributed by atoms with Gasteiger partial charge in [0.15, 0.2) is 0 Å². The third kappa shape index (κ3) is 3.74. The van der Waals surface area contributed by atoms with Crippen LogP contribution in [0.4, 0.5) is 4.39 Å². The third-order valence-corrected chi connectivity index (χ3v) is 3.80. The maximum atomic E-state index is 13.9. The van der Waals surface area contributed by atoms with Gasteiger partial charge in [-0.15, -0.1) is 0 Å². The first-order valence-electron chi connectivity index (χ1n) is 7.42. The highest BCUT2D eigenvalue weighted by atomic mass is 19.1. The average molecular weight is 316 g/mol. The van der Waals surface area contributed by atoms with E-state index < -0.39 is 6.04 Å². The lowest BCUT2D eigenvalue weighted by molar-refractivity contribution is -0.125. The molecule has 2 aromatic rings. The second-order valence-corrected chi connectivity index (χ2v) is 5.54. The molecule has 2 amide bonds. The van der Waals surface area contributed by atoms with E-state index in [9.17, 15) is 14.0 Å². The topological polar surface area (TPSA) is 76.0 Å². The highest BCUT2D eigenvalue weighted by molar-refractivity contribution is 5.90. The molecule has 2 heterocycles. The molecule has 1 aromatic heterocycles. The molecule has 1 aliphatic heterocycles. The van der Waals surface area contributed by atoms with E-state index >= 15 is 0 Å². The predicted octanol–water partition coefficient (Wildman–Crippen LogP) is 0.965. The van der Waals surface area contributed by atoms with Crippen LogP contribution in [0, 0.1) is 5.82 Å². The Morgan fingerprint density at radius 2 is 2.35 bits per heavy atom. The van der Waals surface area contributed by atoms with Crippen LogP contribution in [0.15, 0.2) is 36.9 Å². The Hall–Kier alpha value is -2.70. The summed E-state index contributed by atoms with van der Waals surface area (Å²) in [5, 5.41) is 5.39. The molecule has 0 saturated carbocycles. The van der Waals surface area contributed by atoms with Gasteiger partial charge in [-0.05, 0) is 24.1 Å². The molecule has 0 spiro atoms. The molecule has 120 valence electrons. The van der Waals surface area contributed by atoms with E-state index in [1.165, 1.54) is 6.07 Å². The van der Waals surface area contributed by atoms with E-state index in [1.54, 1.807) is 35.4 Å². The minimum absolute atomic E-state index is 0.102. The van der Waals surface area contributed by atoms with Crippen LogP contribution in [0.3, 0.4) is 0 Å². The zero-order valence-corrected chi connectivity index (χ0v) is 12.5. The predicted molar refractivity (Wildman–Crippen MR) is 80.7 cm³/mol. The Balaban J connectivity index is 1.62. The summed E-state index contributed by atoms with van der Waals surface area (Å²) in [5.74, 6) is -0.609. The Labute approximate surface area is 132 Å². The number of halogens is 1. The molecule has 1 saturated heterocycles. The van der Waals surface area contributed by atoms with Crippen LogP contribution in [-0.2, 0) is 22.7 Å². The van der Waals surface area contributed by atoms with Gasteiger partial charge in [0.1, 0.15) is 11.9 Å². The van der Waals surface area contributed by atoms with Crippen molar-refractivity contribution in [3.63, 3.8) is 0 Å². The van der Waals surface area contributed by atoms with Crippen molar-refractivity contribution in [2.75, 3.05) is 0 Å². The van der Waals surface area contributed by atoms with E-state index in [1.807, 2.05) is 0 Å². The zero-order valence-electron chi connectivity index (χ0n) is 12.5. The number of carbonyl (C=O) groups excluding carboxylic acids is 2. The number of imidazole rings is 1. The molecule has 2 N–H and O–H groups in total. The molecule has 0 bridgehead atoms. The summed E-state index contributed by atoms with van der Waals surface area (Å²) in [7, 11) is 0. The molecule has 1 aromatic carbocycles. The van der Waals surface area contributed by atoms with Gasteiger partial charge in [-0.1, -0.05) is 6.07 Å². The van der Waals surface area contributed by atoms with Crippen LogP contribution < -0.4 is 10.6 Å². The molecular weight excluding hydrogens is 299 g/mol. The Bertz CT molecular complexity index is 715. The molecule has 23 heavy (non-hydrogen) atoms. The normalized spacial score (nSPS) is 17.1. The molecule has 6 nitrogen and oxygen atoms in total. The first-order valence-corrected chi connectivity index (χ1v) is 7.42. The van der Waals surface area contributed by atoms with Crippen molar-refractivity contribution in [3.8, 4) is 0 Å². The summed E-state index contributed by atoms with van der Waals surface area (Å²) in [6, 6.07) is 4.29. The van der Waals surface area contributed by atoms with Gasteiger partial charge in [0.05, 0.1) is 12.9 Å². The second kappa shape index (κ2) is 6.60. The number of rotatable bonds is 5. The number of hydrogen-bond donors (Lipinski definition) is 2. The van der Waals surface area contributed by atoms with Crippen LogP contribution in [0.2, 0.25) is 0 Å². The van der Waals surface area contributed by atoms with E-state index in [0.29, 0.717) is 31.5 Å². The van der Waals surface area contributed by atoms with E-state index in [0.717, 1.165) is 5.56 Å². The monoisotopic (exact) mass is 316 g/mol. The average Bonchev–Trinajstić information content (AvgIpc) is 3.19. The number of nitrogens with one attached hydrogen (secondary N) is 2. The van der Waals surface area contributed by atoms with Gasteiger partial charge >= 0.3 is 0 Å². The van der Waals surface area contributed by atoms with Gasteiger partial charge in [-0.3, -0.25) is 9.59 Å². The maximum absolute atomic E-state index is 13.9. The fourth-order valence-corrected chi connectivity index (χ4v) is 2.56. The van der Waals surface area contributed by atoms with E-state index in [2.05, 4.69) is 15.6 Å². The lowest BCUT2D eigenvalue weighted by atomic mass is 10.1. The Morgan fingerprint density at radius 1 is 1.48 bits per heavy atom. The summed E-state index contributed by atoms with van der Waals surface area (Å²) >= 11 is 0. The van der Waals surface area contributed by atoms with Gasteiger partial charge < -0.3 is 15.2 Å². The SMILES string of the molecule is O=C1CC[C@H](C(=O)NCc2ccc(F)c(Cn3ccnc3)c2)N1. The van der Waals surface area contributed by atoms with Crippen molar-refractivity contribution < 1.29 is 14.0 Å². The number of benzene rings is 1. The quantitative estimate of drug-likeness (QED) is 0.863. The van der Waals surface area contributed by atoms with Crippen LogP contribution in [0.5, 0.6) is 0 Å². The van der Waals surface area contributed by atoms with Crippen molar-refractivity contribution in [1.29, 1.82) is 0 Å². The fourth-order valence-electron chi connectivity index (χ4n) is 2.56. The largest absolute Gasteiger partial charge is 0.350 e. The molecule has 1 fully saturated rings. The van der Waals surface area contributed by atoms with Gasteiger partial charge in [0, 0.05) is 30.9 Å². The van der Waals surface area contributed by atoms with Crippen molar-refractivity contribution in [2.24, 2.45) is 0 Å². The van der Waals surface area contributed by atoms with Crippen LogP contribution in [0.1, 0.15) is 24.0 Å². The van der Waals surface area contributed by atoms with Crippen LogP contribution in [-0.4, -0.2) is 27.4 Å². The number of nitrogens with zero attached hydrogens (tertiary/aromatic N) is 2. The molecule has 0 aliphatic carbocycles. The number of carbonyl (C=O) groups is 2. The summed E-state index contributed by atoms with van der Waals surface area (Å²) in [6.45, 7) is 0.675. The molecular formula is C16H17FN4O2. The zero-order chi connectivity index (χ0) is 16.2. The van der Waals surface area contributed by atoms with E-state index in [4.69, 9.17) is 0 Å². The molecule has 7 heteroatoms. The summed E-state index contributed by atoms with van der Waals surface area (Å²) < 4.78 is 15.7. The molecule has 3 rings (SSSR count). The molecule has 0 unspecified atom stereocenters. The maximum Gasteiger partial charge on any atom is 0.242 e. The summed E-state index contributed by atoms with van der Waals surface area (Å²) in [6.07, 6.45) is 5.91. The van der Waals surface area contributed by atoms with Gasteiger partial charge in [0.2, 0.25) is 11.8 Å². The number of hydrogen-bond acceptors (Lipinski definition) is 3. The second-order valence-electron chi connectivity index (χ2n) is 5.54. The lowest BCUT2D eigenvalue weighted by Crippen LogP contribution is -2.41. The minimum atomic E-state index is -0.464. The van der Waals surface area contributed by atoms with Crippen LogP contribution in [0.25, 0.3) is 0 Å². The highest BCUT2D eigenvalue weighted by Gasteiger charge is 2.26. The van der Waals surface area contributed by atoms with Crippen LogP contribution >= 0.6 is 0 Å². The first-order chi connectivity index (χ1) is 11.1. The third-order valence-electron chi connectivity index (χ3n) is 3.80. The van der Waals surface area contributed by atoms with Crippen molar-refractivity contribution >= 4 is 11.8 Å². The summed E-state index contributed by atoms with van der Waals surface area (Å²) in [5.41, 5.74) is 1.34. The smallest absolute Gasteiger partial charge is 0.242 e. The number of amides is 2. The fraction of sp³-hybridized carbons (Fsp3) is 0.312. The minimum Gasteiger partial charge on any atom is -0.350 e.